The highest BCUT2D eigenvalue weighted by Gasteiger charge is 2.11. The van der Waals surface area contributed by atoms with Crippen molar-refractivity contribution < 1.29 is 13.5 Å². The van der Waals surface area contributed by atoms with Gasteiger partial charge >= 0.3 is 0 Å². The Kier molecular flexibility index (Phi) is 3.63. The molecule has 0 bridgehead atoms. The molecule has 0 unspecified atom stereocenters. The van der Waals surface area contributed by atoms with Crippen LogP contribution in [-0.4, -0.2) is 7.11 Å². The average molecular weight is 263 g/mol. The van der Waals surface area contributed by atoms with Gasteiger partial charge in [-0.3, -0.25) is 0 Å². The summed E-state index contributed by atoms with van der Waals surface area (Å²) in [5.41, 5.74) is 0.324. The molecule has 4 heteroatoms. The molecule has 14 heavy (non-hydrogen) atoms. The maximum atomic E-state index is 13.3. The van der Waals surface area contributed by atoms with E-state index in [4.69, 9.17) is 4.74 Å². The Balaban J connectivity index is 3.21. The minimum Gasteiger partial charge on any atom is -0.497 e. The normalized spacial score (nSPS) is 10.0. The second kappa shape index (κ2) is 4.55. The van der Waals surface area contributed by atoms with Crippen molar-refractivity contribution in [2.45, 2.75) is 5.33 Å². The van der Waals surface area contributed by atoms with Crippen molar-refractivity contribution in [3.05, 3.63) is 41.5 Å². The van der Waals surface area contributed by atoms with Crippen LogP contribution < -0.4 is 0 Å². The second-order valence-electron chi connectivity index (χ2n) is 2.68. The van der Waals surface area contributed by atoms with E-state index in [1.165, 1.54) is 7.11 Å². The average Bonchev–Trinajstić information content (AvgIpc) is 2.19. The van der Waals surface area contributed by atoms with Crippen LogP contribution in [0.2, 0.25) is 0 Å². The monoisotopic (exact) mass is 262 g/mol. The molecule has 1 aromatic rings. The predicted molar refractivity (Wildman–Crippen MR) is 55.0 cm³/mol. The molecule has 0 aliphatic rings. The highest BCUT2D eigenvalue weighted by Crippen LogP contribution is 2.22. The van der Waals surface area contributed by atoms with Gasteiger partial charge in [0, 0.05) is 10.9 Å². The fourth-order valence-electron chi connectivity index (χ4n) is 1.01. The molecule has 1 rings (SSSR count). The lowest BCUT2D eigenvalue weighted by Gasteiger charge is -2.07. The molecule has 0 spiro atoms. The minimum atomic E-state index is -0.535. The molecular weight excluding hydrogens is 254 g/mol. The Bertz CT molecular complexity index is 363. The molecule has 0 saturated carbocycles. The molecule has 0 atom stereocenters. The third-order valence-corrected chi connectivity index (χ3v) is 2.43. The lowest BCUT2D eigenvalue weighted by molar-refractivity contribution is 0.368. The molecule has 0 heterocycles. The Morgan fingerprint density at radius 2 is 2.07 bits per heavy atom. The van der Waals surface area contributed by atoms with Crippen LogP contribution in [-0.2, 0) is 10.1 Å². The van der Waals surface area contributed by atoms with Gasteiger partial charge < -0.3 is 4.74 Å². The van der Waals surface area contributed by atoms with Crippen LogP contribution in [0.4, 0.5) is 8.78 Å². The van der Waals surface area contributed by atoms with E-state index in [-0.39, 0.29) is 22.2 Å². The maximum Gasteiger partial charge on any atom is 0.134 e. The summed E-state index contributed by atoms with van der Waals surface area (Å²) in [4.78, 5) is 0. The molecule has 0 N–H and O–H groups in total. The minimum absolute atomic E-state index is 0.0506. The SMILES string of the molecule is C=C(OC)c1cc(F)c(CBr)cc1F. The van der Waals surface area contributed by atoms with Gasteiger partial charge in [-0.05, 0) is 12.1 Å². The van der Waals surface area contributed by atoms with E-state index in [0.717, 1.165) is 12.1 Å². The van der Waals surface area contributed by atoms with Crippen LogP contribution in [0.15, 0.2) is 18.7 Å². The van der Waals surface area contributed by atoms with Gasteiger partial charge in [-0.2, -0.15) is 0 Å². The first-order valence-corrected chi connectivity index (χ1v) is 4.99. The van der Waals surface area contributed by atoms with E-state index in [0.29, 0.717) is 0 Å². The number of benzene rings is 1. The fraction of sp³-hybridized carbons (Fsp3) is 0.200. The molecule has 0 aliphatic carbocycles. The van der Waals surface area contributed by atoms with Gasteiger partial charge in [-0.15, -0.1) is 0 Å². The molecule has 0 aromatic heterocycles. The Morgan fingerprint density at radius 1 is 1.43 bits per heavy atom. The molecule has 76 valence electrons. The first-order valence-electron chi connectivity index (χ1n) is 3.87. The van der Waals surface area contributed by atoms with Crippen molar-refractivity contribution in [3.8, 4) is 0 Å². The summed E-state index contributed by atoms with van der Waals surface area (Å²) in [5.74, 6) is -0.897. The van der Waals surface area contributed by atoms with Crippen LogP contribution >= 0.6 is 15.9 Å². The summed E-state index contributed by atoms with van der Waals surface area (Å²) in [7, 11) is 1.36. The number of hydrogen-bond donors (Lipinski definition) is 0. The van der Waals surface area contributed by atoms with Gasteiger partial charge in [-0.25, -0.2) is 8.78 Å². The molecule has 0 saturated heterocycles. The number of ether oxygens (including phenoxy) is 1. The number of hydrogen-bond acceptors (Lipinski definition) is 1. The molecular formula is C10H9BrF2O. The summed E-state index contributed by atoms with van der Waals surface area (Å²) in [6, 6.07) is 2.21. The van der Waals surface area contributed by atoms with Gasteiger partial charge in [0.25, 0.3) is 0 Å². The zero-order valence-corrected chi connectivity index (χ0v) is 9.20. The second-order valence-corrected chi connectivity index (χ2v) is 3.25. The largest absolute Gasteiger partial charge is 0.497 e. The molecule has 0 aliphatic heterocycles. The van der Waals surface area contributed by atoms with Crippen molar-refractivity contribution in [1.29, 1.82) is 0 Å². The standard InChI is InChI=1S/C10H9BrF2O/c1-6(14-2)8-4-9(12)7(5-11)3-10(8)13/h3-4H,1,5H2,2H3. The van der Waals surface area contributed by atoms with Crippen molar-refractivity contribution in [2.24, 2.45) is 0 Å². The van der Waals surface area contributed by atoms with Gasteiger partial charge in [0.1, 0.15) is 17.4 Å². The van der Waals surface area contributed by atoms with Crippen LogP contribution in [0.5, 0.6) is 0 Å². The first-order chi connectivity index (χ1) is 6.60. The van der Waals surface area contributed by atoms with E-state index in [2.05, 4.69) is 22.5 Å². The Hall–Kier alpha value is -0.900. The third-order valence-electron chi connectivity index (χ3n) is 1.83. The Labute approximate surface area is 89.5 Å². The summed E-state index contributed by atoms with van der Waals surface area (Å²) in [6.45, 7) is 3.46. The molecule has 0 radical (unpaired) electrons. The fourth-order valence-corrected chi connectivity index (χ4v) is 1.44. The molecule has 1 nitrogen and oxygen atoms in total. The highest BCUT2D eigenvalue weighted by atomic mass is 79.9. The van der Waals surface area contributed by atoms with Gasteiger partial charge in [0.15, 0.2) is 0 Å². The van der Waals surface area contributed by atoms with Crippen molar-refractivity contribution in [2.75, 3.05) is 7.11 Å². The Morgan fingerprint density at radius 3 is 2.57 bits per heavy atom. The zero-order chi connectivity index (χ0) is 10.7. The van der Waals surface area contributed by atoms with E-state index < -0.39 is 11.6 Å². The quantitative estimate of drug-likeness (QED) is 0.599. The number of halogens is 3. The molecule has 1 aromatic carbocycles. The van der Waals surface area contributed by atoms with E-state index in [1.807, 2.05) is 0 Å². The maximum absolute atomic E-state index is 13.3. The first kappa shape index (κ1) is 11.2. The van der Waals surface area contributed by atoms with Crippen LogP contribution in [0.3, 0.4) is 0 Å². The topological polar surface area (TPSA) is 9.23 Å². The van der Waals surface area contributed by atoms with Crippen molar-refractivity contribution >= 4 is 21.7 Å². The van der Waals surface area contributed by atoms with Gasteiger partial charge in [0.05, 0.1) is 12.7 Å². The lowest BCUT2D eigenvalue weighted by Crippen LogP contribution is -1.96. The predicted octanol–water partition coefficient (Wildman–Crippen LogP) is 3.48. The van der Waals surface area contributed by atoms with Crippen LogP contribution in [0.25, 0.3) is 5.76 Å². The summed E-state index contributed by atoms with van der Waals surface area (Å²) < 4.78 is 31.3. The van der Waals surface area contributed by atoms with E-state index in [1.54, 1.807) is 0 Å². The van der Waals surface area contributed by atoms with Gasteiger partial charge in [0.2, 0.25) is 0 Å². The van der Waals surface area contributed by atoms with E-state index >= 15 is 0 Å². The number of rotatable bonds is 3. The van der Waals surface area contributed by atoms with Crippen molar-refractivity contribution in [1.82, 2.24) is 0 Å². The van der Waals surface area contributed by atoms with Crippen LogP contribution in [0.1, 0.15) is 11.1 Å². The molecule has 0 amide bonds. The zero-order valence-electron chi connectivity index (χ0n) is 7.61. The molecule has 0 fully saturated rings. The van der Waals surface area contributed by atoms with E-state index in [9.17, 15) is 8.78 Å². The van der Waals surface area contributed by atoms with Crippen molar-refractivity contribution in [3.63, 3.8) is 0 Å². The number of methoxy groups -OCH3 is 1. The van der Waals surface area contributed by atoms with Crippen LogP contribution in [0, 0.1) is 11.6 Å². The lowest BCUT2D eigenvalue weighted by atomic mass is 10.1. The summed E-state index contributed by atoms with van der Waals surface area (Å²) >= 11 is 3.06. The summed E-state index contributed by atoms with van der Waals surface area (Å²) in [5, 5.41) is 0.273. The summed E-state index contributed by atoms with van der Waals surface area (Å²) in [6.07, 6.45) is 0. The smallest absolute Gasteiger partial charge is 0.134 e. The third kappa shape index (κ3) is 2.12. The highest BCUT2D eigenvalue weighted by molar-refractivity contribution is 9.08. The van der Waals surface area contributed by atoms with Gasteiger partial charge in [-0.1, -0.05) is 22.5 Å². The number of alkyl halides is 1.